The molecule has 0 amide bonds. The molecule has 26 heavy (non-hydrogen) atoms. The fourth-order valence-electron chi connectivity index (χ4n) is 3.01. The first kappa shape index (κ1) is 20.6. The van der Waals surface area contributed by atoms with Crippen molar-refractivity contribution in [2.75, 3.05) is 6.54 Å². The lowest BCUT2D eigenvalue weighted by Gasteiger charge is -2.13. The zero-order valence-electron chi connectivity index (χ0n) is 15.1. The topological polar surface area (TPSA) is 106 Å². The number of benzene rings is 2. The second-order valence-electron chi connectivity index (χ2n) is 6.42. The Morgan fingerprint density at radius 3 is 1.96 bits per heavy atom. The Balaban J connectivity index is 1.97. The van der Waals surface area contributed by atoms with Gasteiger partial charge in [-0.3, -0.25) is 0 Å². The van der Waals surface area contributed by atoms with Crippen LogP contribution in [0.25, 0.3) is 0 Å². The maximum atomic E-state index is 12.6. The van der Waals surface area contributed by atoms with Gasteiger partial charge in [-0.1, -0.05) is 29.8 Å². The molecule has 0 aliphatic heterocycles. The maximum Gasteiger partial charge on any atom is 0.241 e. The Kier molecular flexibility index (Phi) is 6.23. The van der Waals surface area contributed by atoms with E-state index >= 15 is 0 Å². The molecule has 0 saturated carbocycles. The van der Waals surface area contributed by atoms with Crippen LogP contribution in [0.4, 0.5) is 0 Å². The van der Waals surface area contributed by atoms with Crippen LogP contribution in [0.5, 0.6) is 0 Å². The predicted octanol–water partition coefficient (Wildman–Crippen LogP) is 2.17. The van der Waals surface area contributed by atoms with Crippen LogP contribution in [0.3, 0.4) is 0 Å². The van der Waals surface area contributed by atoms with Gasteiger partial charge in [-0.2, -0.15) is 0 Å². The average Bonchev–Trinajstić information content (AvgIpc) is 2.50. The van der Waals surface area contributed by atoms with E-state index in [4.69, 9.17) is 5.14 Å². The van der Waals surface area contributed by atoms with Gasteiger partial charge in [0.05, 0.1) is 9.79 Å². The van der Waals surface area contributed by atoms with Crippen LogP contribution < -0.4 is 9.86 Å². The van der Waals surface area contributed by atoms with Gasteiger partial charge >= 0.3 is 0 Å². The third kappa shape index (κ3) is 5.14. The van der Waals surface area contributed by atoms with Crippen molar-refractivity contribution in [3.05, 3.63) is 58.7 Å². The highest BCUT2D eigenvalue weighted by molar-refractivity contribution is 7.89. The van der Waals surface area contributed by atoms with Crippen molar-refractivity contribution in [1.82, 2.24) is 4.72 Å². The van der Waals surface area contributed by atoms with E-state index in [1.54, 1.807) is 26.0 Å². The second-order valence-corrected chi connectivity index (χ2v) is 9.68. The molecule has 142 valence electrons. The Bertz CT molecular complexity index is 973. The van der Waals surface area contributed by atoms with Crippen molar-refractivity contribution in [3.8, 4) is 0 Å². The Morgan fingerprint density at radius 2 is 1.46 bits per heavy atom. The number of primary sulfonamides is 1. The van der Waals surface area contributed by atoms with Crippen LogP contribution in [0.2, 0.25) is 0 Å². The highest BCUT2D eigenvalue weighted by Crippen LogP contribution is 2.21. The second kappa shape index (κ2) is 7.87. The summed E-state index contributed by atoms with van der Waals surface area (Å²) in [6.45, 7) is 5.82. The summed E-state index contributed by atoms with van der Waals surface area (Å²) in [6, 6.07) is 9.98. The van der Waals surface area contributed by atoms with Crippen molar-refractivity contribution in [3.63, 3.8) is 0 Å². The van der Waals surface area contributed by atoms with Crippen molar-refractivity contribution < 1.29 is 16.8 Å². The molecular formula is C18H24N2O4S2. The van der Waals surface area contributed by atoms with E-state index in [2.05, 4.69) is 4.72 Å². The molecule has 0 aliphatic rings. The first-order valence-corrected chi connectivity index (χ1v) is 11.2. The first-order chi connectivity index (χ1) is 12.0. The Morgan fingerprint density at radius 1 is 0.923 bits per heavy atom. The quantitative estimate of drug-likeness (QED) is 0.700. The number of nitrogens with one attached hydrogen (secondary N) is 1. The lowest BCUT2D eigenvalue weighted by atomic mass is 10.1. The Labute approximate surface area is 155 Å². The molecule has 2 aromatic carbocycles. The van der Waals surface area contributed by atoms with Crippen LogP contribution in [-0.2, 0) is 26.5 Å². The Hall–Kier alpha value is -1.74. The summed E-state index contributed by atoms with van der Waals surface area (Å²) in [5.41, 5.74) is 3.41. The molecule has 0 heterocycles. The molecule has 6 nitrogen and oxygen atoms in total. The van der Waals surface area contributed by atoms with Crippen molar-refractivity contribution in [2.45, 2.75) is 43.4 Å². The number of aryl methyl sites for hydroxylation is 4. The average molecular weight is 397 g/mol. The zero-order valence-corrected chi connectivity index (χ0v) is 16.7. The van der Waals surface area contributed by atoms with Gasteiger partial charge in [0, 0.05) is 6.54 Å². The van der Waals surface area contributed by atoms with Gasteiger partial charge in [0.1, 0.15) is 0 Å². The van der Waals surface area contributed by atoms with E-state index in [1.165, 1.54) is 12.1 Å². The van der Waals surface area contributed by atoms with Gasteiger partial charge in [-0.05, 0) is 62.4 Å². The molecule has 0 radical (unpaired) electrons. The summed E-state index contributed by atoms with van der Waals surface area (Å²) >= 11 is 0. The van der Waals surface area contributed by atoms with E-state index in [0.29, 0.717) is 24.3 Å². The van der Waals surface area contributed by atoms with Crippen LogP contribution in [-0.4, -0.2) is 23.4 Å². The first-order valence-electron chi connectivity index (χ1n) is 8.20. The van der Waals surface area contributed by atoms with Crippen LogP contribution in [0.1, 0.15) is 28.7 Å². The largest absolute Gasteiger partial charge is 0.241 e. The lowest BCUT2D eigenvalue weighted by Crippen LogP contribution is -2.26. The number of hydrogen-bond acceptors (Lipinski definition) is 4. The third-order valence-corrected chi connectivity index (χ3v) is 6.75. The normalized spacial score (nSPS) is 12.3. The molecule has 0 bridgehead atoms. The standard InChI is InChI=1S/C18H24N2O4S2/c1-13-11-14(2)18(15(3)12-13)26(23,24)20-10-4-5-16-6-8-17(9-7-16)25(19,21)22/h6-9,11-12,20H,4-5,10H2,1-3H3,(H2,19,21,22). The van der Waals surface area contributed by atoms with E-state index in [-0.39, 0.29) is 4.90 Å². The van der Waals surface area contributed by atoms with Crippen molar-refractivity contribution in [1.29, 1.82) is 0 Å². The highest BCUT2D eigenvalue weighted by atomic mass is 32.2. The summed E-state index contributed by atoms with van der Waals surface area (Å²) in [7, 11) is -7.26. The third-order valence-electron chi connectivity index (χ3n) is 4.06. The summed E-state index contributed by atoms with van der Waals surface area (Å²) in [5.74, 6) is 0. The minimum absolute atomic E-state index is 0.0623. The zero-order chi connectivity index (χ0) is 19.5. The summed E-state index contributed by atoms with van der Waals surface area (Å²) in [5, 5.41) is 5.06. The van der Waals surface area contributed by atoms with Crippen molar-refractivity contribution >= 4 is 20.0 Å². The molecule has 0 atom stereocenters. The number of hydrogen-bond donors (Lipinski definition) is 2. The molecule has 0 aromatic heterocycles. The van der Waals surface area contributed by atoms with Crippen LogP contribution in [0, 0.1) is 20.8 Å². The summed E-state index contributed by atoms with van der Waals surface area (Å²) < 4.78 is 50.2. The molecule has 0 fully saturated rings. The van der Waals surface area contributed by atoms with Gasteiger partial charge in [0.2, 0.25) is 20.0 Å². The van der Waals surface area contributed by atoms with Gasteiger partial charge < -0.3 is 0 Å². The van der Waals surface area contributed by atoms with Gasteiger partial charge in [0.15, 0.2) is 0 Å². The molecule has 2 aromatic rings. The fourth-order valence-corrected chi connectivity index (χ4v) is 5.05. The molecule has 0 unspecified atom stereocenters. The SMILES string of the molecule is Cc1cc(C)c(S(=O)(=O)NCCCc2ccc(S(N)(=O)=O)cc2)c(C)c1. The van der Waals surface area contributed by atoms with E-state index < -0.39 is 20.0 Å². The number of rotatable bonds is 7. The molecule has 0 spiro atoms. The molecule has 2 rings (SSSR count). The van der Waals surface area contributed by atoms with Gasteiger partial charge in [-0.15, -0.1) is 0 Å². The lowest BCUT2D eigenvalue weighted by molar-refractivity contribution is 0.577. The minimum atomic E-state index is -3.70. The molecule has 3 N–H and O–H groups in total. The van der Waals surface area contributed by atoms with Crippen molar-refractivity contribution in [2.24, 2.45) is 5.14 Å². The van der Waals surface area contributed by atoms with E-state index in [1.807, 2.05) is 19.1 Å². The molecule has 8 heteroatoms. The fraction of sp³-hybridized carbons (Fsp3) is 0.333. The van der Waals surface area contributed by atoms with E-state index in [9.17, 15) is 16.8 Å². The van der Waals surface area contributed by atoms with Crippen LogP contribution in [0.15, 0.2) is 46.2 Å². The smallest absolute Gasteiger partial charge is 0.225 e. The number of nitrogens with two attached hydrogens (primary N) is 1. The highest BCUT2D eigenvalue weighted by Gasteiger charge is 2.19. The minimum Gasteiger partial charge on any atom is -0.225 e. The monoisotopic (exact) mass is 396 g/mol. The predicted molar refractivity (Wildman–Crippen MR) is 102 cm³/mol. The van der Waals surface area contributed by atoms with Gasteiger partial charge in [0.25, 0.3) is 0 Å². The van der Waals surface area contributed by atoms with Gasteiger partial charge in [-0.25, -0.2) is 26.7 Å². The molecule has 0 aliphatic carbocycles. The molecular weight excluding hydrogens is 372 g/mol. The van der Waals surface area contributed by atoms with E-state index in [0.717, 1.165) is 22.3 Å². The maximum absolute atomic E-state index is 12.6. The summed E-state index contributed by atoms with van der Waals surface area (Å²) in [6.07, 6.45) is 1.22. The molecule has 0 saturated heterocycles. The number of sulfonamides is 2. The van der Waals surface area contributed by atoms with Crippen LogP contribution >= 0.6 is 0 Å². The summed E-state index contributed by atoms with van der Waals surface area (Å²) in [4.78, 5) is 0.396.